The molecule has 0 atom stereocenters. The van der Waals surface area contributed by atoms with E-state index >= 15 is 0 Å². The fourth-order valence-electron chi connectivity index (χ4n) is 1.47. The van der Waals surface area contributed by atoms with Gasteiger partial charge in [0.15, 0.2) is 0 Å². The number of methoxy groups -OCH3 is 1. The molecule has 1 aromatic carbocycles. The molecule has 0 unspecified atom stereocenters. The molecule has 1 aromatic rings. The molecule has 1 N–H and O–H groups in total. The number of amides is 1. The lowest BCUT2D eigenvalue weighted by molar-refractivity contribution is -0.116. The summed E-state index contributed by atoms with van der Waals surface area (Å²) in [5, 5.41) is 3.47. The van der Waals surface area contributed by atoms with Crippen LogP contribution in [0.1, 0.15) is 29.6 Å². The van der Waals surface area contributed by atoms with Crippen molar-refractivity contribution in [3.05, 3.63) is 29.6 Å². The Hall–Kier alpha value is -1.43. The first-order valence-electron chi connectivity index (χ1n) is 5.82. The van der Waals surface area contributed by atoms with Crippen molar-refractivity contribution in [1.29, 1.82) is 0 Å². The number of esters is 1. The topological polar surface area (TPSA) is 55.4 Å². The van der Waals surface area contributed by atoms with E-state index in [1.54, 1.807) is 0 Å². The van der Waals surface area contributed by atoms with Crippen LogP contribution >= 0.6 is 15.9 Å². The zero-order valence-electron chi connectivity index (χ0n) is 10.5. The molecule has 0 radical (unpaired) electrons. The summed E-state index contributed by atoms with van der Waals surface area (Å²) in [6, 6.07) is 3.80. The molecule has 1 amide bonds. The van der Waals surface area contributed by atoms with Crippen LogP contribution in [0.25, 0.3) is 0 Å². The van der Waals surface area contributed by atoms with Crippen molar-refractivity contribution >= 4 is 33.5 Å². The monoisotopic (exact) mass is 331 g/mol. The van der Waals surface area contributed by atoms with Gasteiger partial charge in [0.25, 0.3) is 0 Å². The van der Waals surface area contributed by atoms with Gasteiger partial charge in [0.05, 0.1) is 12.7 Å². The summed E-state index contributed by atoms with van der Waals surface area (Å²) < 4.78 is 17.8. The molecule has 0 saturated carbocycles. The van der Waals surface area contributed by atoms with Crippen molar-refractivity contribution in [2.75, 3.05) is 17.8 Å². The first kappa shape index (κ1) is 15.6. The van der Waals surface area contributed by atoms with Crippen LogP contribution < -0.4 is 5.32 Å². The number of benzene rings is 1. The van der Waals surface area contributed by atoms with Gasteiger partial charge >= 0.3 is 5.97 Å². The Morgan fingerprint density at radius 2 is 2.11 bits per heavy atom. The molecule has 4 nitrogen and oxygen atoms in total. The van der Waals surface area contributed by atoms with Gasteiger partial charge in [-0.15, -0.1) is 0 Å². The summed E-state index contributed by atoms with van der Waals surface area (Å²) in [5.41, 5.74) is 0.186. The molecule has 0 bridgehead atoms. The van der Waals surface area contributed by atoms with E-state index < -0.39 is 11.8 Å². The van der Waals surface area contributed by atoms with E-state index in [-0.39, 0.29) is 11.5 Å². The molecule has 0 heterocycles. The Morgan fingerprint density at radius 3 is 2.74 bits per heavy atom. The number of ether oxygens (including phenoxy) is 1. The van der Waals surface area contributed by atoms with Gasteiger partial charge in [-0.3, -0.25) is 4.79 Å². The highest BCUT2D eigenvalue weighted by molar-refractivity contribution is 9.09. The number of nitrogens with one attached hydrogen (secondary N) is 1. The van der Waals surface area contributed by atoms with Crippen LogP contribution in [0.2, 0.25) is 0 Å². The number of unbranched alkanes of at least 4 members (excludes halogenated alkanes) is 1. The summed E-state index contributed by atoms with van der Waals surface area (Å²) in [4.78, 5) is 22.9. The summed E-state index contributed by atoms with van der Waals surface area (Å²) in [6.45, 7) is 0. The second-order valence-electron chi connectivity index (χ2n) is 3.88. The maximum absolute atomic E-state index is 13.4. The largest absolute Gasteiger partial charge is 0.465 e. The van der Waals surface area contributed by atoms with E-state index in [0.717, 1.165) is 24.2 Å². The molecule has 0 aliphatic rings. The van der Waals surface area contributed by atoms with Gasteiger partial charge in [-0.2, -0.15) is 0 Å². The molecule has 0 aliphatic heterocycles. The van der Waals surface area contributed by atoms with E-state index in [0.29, 0.717) is 12.1 Å². The number of alkyl halides is 1. The van der Waals surface area contributed by atoms with Crippen molar-refractivity contribution < 1.29 is 18.7 Å². The minimum Gasteiger partial charge on any atom is -0.465 e. The SMILES string of the molecule is COC(=O)c1cc(NC(=O)CCCCBr)ccc1F. The molecule has 19 heavy (non-hydrogen) atoms. The molecular weight excluding hydrogens is 317 g/mol. The van der Waals surface area contributed by atoms with Crippen LogP contribution in [0.15, 0.2) is 18.2 Å². The highest BCUT2D eigenvalue weighted by atomic mass is 79.9. The first-order valence-corrected chi connectivity index (χ1v) is 6.94. The molecule has 6 heteroatoms. The van der Waals surface area contributed by atoms with Gasteiger partial charge in [-0.1, -0.05) is 15.9 Å². The highest BCUT2D eigenvalue weighted by Crippen LogP contribution is 2.16. The van der Waals surface area contributed by atoms with E-state index in [1.807, 2.05) is 0 Å². The molecule has 0 spiro atoms. The second kappa shape index (κ2) is 7.89. The molecule has 0 aromatic heterocycles. The fraction of sp³-hybridized carbons (Fsp3) is 0.385. The van der Waals surface area contributed by atoms with Crippen LogP contribution in [0.3, 0.4) is 0 Å². The summed E-state index contributed by atoms with van der Waals surface area (Å²) >= 11 is 3.28. The lowest BCUT2D eigenvalue weighted by atomic mass is 10.1. The normalized spacial score (nSPS) is 10.1. The quantitative estimate of drug-likeness (QED) is 0.495. The van der Waals surface area contributed by atoms with E-state index in [2.05, 4.69) is 26.0 Å². The number of rotatable bonds is 6. The summed E-state index contributed by atoms with van der Waals surface area (Å²) in [6.07, 6.45) is 2.06. The molecule has 104 valence electrons. The number of carbonyl (C=O) groups excluding carboxylic acids is 2. The Morgan fingerprint density at radius 1 is 1.37 bits per heavy atom. The predicted molar refractivity (Wildman–Crippen MR) is 74.0 cm³/mol. The highest BCUT2D eigenvalue weighted by Gasteiger charge is 2.13. The number of anilines is 1. The number of carbonyl (C=O) groups is 2. The minimum absolute atomic E-state index is 0.164. The number of hydrogen-bond acceptors (Lipinski definition) is 3. The maximum atomic E-state index is 13.4. The van der Waals surface area contributed by atoms with E-state index in [4.69, 9.17) is 0 Å². The predicted octanol–water partition coefficient (Wildman–Crippen LogP) is 3.12. The van der Waals surface area contributed by atoms with Crippen LogP contribution in [-0.4, -0.2) is 24.3 Å². The van der Waals surface area contributed by atoms with Crippen molar-refractivity contribution in [3.8, 4) is 0 Å². The standard InChI is InChI=1S/C13H15BrFNO3/c1-19-13(18)10-8-9(5-6-11(10)15)16-12(17)4-2-3-7-14/h5-6,8H,2-4,7H2,1H3,(H,16,17). The van der Waals surface area contributed by atoms with Crippen molar-refractivity contribution in [3.63, 3.8) is 0 Å². The average molecular weight is 332 g/mol. The van der Waals surface area contributed by atoms with Crippen molar-refractivity contribution in [2.24, 2.45) is 0 Å². The third-order valence-electron chi connectivity index (χ3n) is 2.44. The smallest absolute Gasteiger partial charge is 0.340 e. The van der Waals surface area contributed by atoms with Crippen molar-refractivity contribution in [1.82, 2.24) is 0 Å². The van der Waals surface area contributed by atoms with Gasteiger partial charge in [-0.05, 0) is 31.0 Å². The Labute approximate surface area is 119 Å². The number of hydrogen-bond donors (Lipinski definition) is 1. The van der Waals surface area contributed by atoms with Gasteiger partial charge < -0.3 is 10.1 Å². The van der Waals surface area contributed by atoms with Crippen molar-refractivity contribution in [2.45, 2.75) is 19.3 Å². The number of halogens is 2. The van der Waals surface area contributed by atoms with Crippen LogP contribution in [0.5, 0.6) is 0 Å². The van der Waals surface area contributed by atoms with Gasteiger partial charge in [0.2, 0.25) is 5.91 Å². The van der Waals surface area contributed by atoms with Gasteiger partial charge in [0.1, 0.15) is 5.82 Å². The molecule has 0 fully saturated rings. The van der Waals surface area contributed by atoms with Gasteiger partial charge in [-0.25, -0.2) is 9.18 Å². The average Bonchev–Trinajstić information content (AvgIpc) is 2.40. The lowest BCUT2D eigenvalue weighted by Gasteiger charge is -2.07. The minimum atomic E-state index is -0.770. The van der Waals surface area contributed by atoms with E-state index in [1.165, 1.54) is 19.2 Å². The van der Waals surface area contributed by atoms with Gasteiger partial charge in [0, 0.05) is 17.4 Å². The Balaban J connectivity index is 2.69. The van der Waals surface area contributed by atoms with Crippen LogP contribution in [-0.2, 0) is 9.53 Å². The first-order chi connectivity index (χ1) is 9.08. The zero-order valence-corrected chi connectivity index (χ0v) is 12.1. The van der Waals surface area contributed by atoms with Crippen LogP contribution in [0, 0.1) is 5.82 Å². The third-order valence-corrected chi connectivity index (χ3v) is 3.00. The molecular formula is C13H15BrFNO3. The summed E-state index contributed by atoms with van der Waals surface area (Å²) in [7, 11) is 1.17. The maximum Gasteiger partial charge on any atom is 0.340 e. The summed E-state index contributed by atoms with van der Waals surface area (Å²) in [5.74, 6) is -1.61. The Kier molecular flexibility index (Phi) is 6.49. The van der Waals surface area contributed by atoms with E-state index in [9.17, 15) is 14.0 Å². The zero-order chi connectivity index (χ0) is 14.3. The molecule has 0 aliphatic carbocycles. The van der Waals surface area contributed by atoms with Crippen LogP contribution in [0.4, 0.5) is 10.1 Å². The second-order valence-corrected chi connectivity index (χ2v) is 4.67. The lowest BCUT2D eigenvalue weighted by Crippen LogP contribution is -2.12. The fourth-order valence-corrected chi connectivity index (χ4v) is 1.87. The third kappa shape index (κ3) is 4.98. The molecule has 0 saturated heterocycles. The Bertz CT molecular complexity index is 465. The molecule has 1 rings (SSSR count).